The van der Waals surface area contributed by atoms with Gasteiger partial charge >= 0.3 is 6.61 Å². The lowest BCUT2D eigenvalue weighted by Crippen LogP contribution is -2.38. The highest BCUT2D eigenvalue weighted by molar-refractivity contribution is 6.00. The number of ether oxygens (including phenoxy) is 3. The number of benzene rings is 2. The highest BCUT2D eigenvalue weighted by atomic mass is 19.3. The summed E-state index contributed by atoms with van der Waals surface area (Å²) in [5.41, 5.74) is 1.12. The summed E-state index contributed by atoms with van der Waals surface area (Å²) in [7, 11) is 1.31. The first-order chi connectivity index (χ1) is 14.9. The number of nitro benzene ring substituents is 1. The minimum atomic E-state index is -2.99. The van der Waals surface area contributed by atoms with Crippen LogP contribution >= 0.6 is 0 Å². The summed E-state index contributed by atoms with van der Waals surface area (Å²) in [5, 5.41) is 13.9. The summed E-state index contributed by atoms with van der Waals surface area (Å²) < 4.78 is 39.7. The third kappa shape index (κ3) is 5.57. The first-order valence-electron chi connectivity index (χ1n) is 9.40. The van der Waals surface area contributed by atoms with Crippen LogP contribution in [0.3, 0.4) is 0 Å². The highest BCUT2D eigenvalue weighted by Gasteiger charge is 2.22. The number of anilines is 1. The number of hydrogen-bond acceptors (Lipinski definition) is 7. The van der Waals surface area contributed by atoms with Gasteiger partial charge in [0.2, 0.25) is 0 Å². The molecule has 2 aromatic rings. The third-order valence-electron chi connectivity index (χ3n) is 4.68. The Balaban J connectivity index is 1.79. The molecule has 0 saturated carbocycles. The molecule has 9 nitrogen and oxygen atoms in total. The van der Waals surface area contributed by atoms with Crippen LogP contribution in [0.15, 0.2) is 36.4 Å². The normalized spacial score (nSPS) is 13.7. The molecule has 11 heteroatoms. The van der Waals surface area contributed by atoms with E-state index < -0.39 is 17.4 Å². The van der Waals surface area contributed by atoms with E-state index in [9.17, 15) is 23.7 Å². The average molecular weight is 437 g/mol. The Morgan fingerprint density at radius 2 is 1.97 bits per heavy atom. The van der Waals surface area contributed by atoms with Crippen molar-refractivity contribution in [3.8, 4) is 11.5 Å². The summed E-state index contributed by atoms with van der Waals surface area (Å²) >= 11 is 0. The van der Waals surface area contributed by atoms with E-state index >= 15 is 0 Å². The molecule has 1 N–H and O–H groups in total. The molecule has 1 aliphatic rings. The standard InChI is InChI=1S/C20H21F2N3O6/c1-29-18-10-13(2-5-17(18)31-20(21)22)12-23-19(26)15-11-14(25(27)28)3-4-16(15)24-6-8-30-9-7-24/h2-5,10-11,20H,6-9,12H2,1H3,(H,23,26). The summed E-state index contributed by atoms with van der Waals surface area (Å²) in [4.78, 5) is 25.4. The Morgan fingerprint density at radius 1 is 1.23 bits per heavy atom. The number of alkyl halides is 2. The molecule has 0 aromatic heterocycles. The quantitative estimate of drug-likeness (QED) is 0.500. The minimum absolute atomic E-state index is 0.0510. The molecule has 2 aromatic carbocycles. The van der Waals surface area contributed by atoms with Crippen LogP contribution in [0.25, 0.3) is 0 Å². The second-order valence-corrected chi connectivity index (χ2v) is 6.60. The fourth-order valence-electron chi connectivity index (χ4n) is 3.19. The maximum Gasteiger partial charge on any atom is 0.387 e. The van der Waals surface area contributed by atoms with Gasteiger partial charge in [-0.25, -0.2) is 0 Å². The Labute approximate surface area is 176 Å². The first kappa shape index (κ1) is 22.2. The molecular weight excluding hydrogens is 416 g/mol. The molecule has 31 heavy (non-hydrogen) atoms. The summed E-state index contributed by atoms with van der Waals surface area (Å²) in [6.07, 6.45) is 0. The largest absolute Gasteiger partial charge is 0.493 e. The number of morpholine rings is 1. The van der Waals surface area contributed by atoms with Gasteiger partial charge in [0.25, 0.3) is 11.6 Å². The molecular formula is C20H21F2N3O6. The number of methoxy groups -OCH3 is 1. The Kier molecular flexibility index (Phi) is 7.19. The van der Waals surface area contributed by atoms with Crippen molar-refractivity contribution in [1.29, 1.82) is 0 Å². The zero-order chi connectivity index (χ0) is 22.4. The maximum atomic E-state index is 12.9. The number of halogens is 2. The van der Waals surface area contributed by atoms with Gasteiger partial charge in [0, 0.05) is 31.8 Å². The molecule has 1 amide bonds. The van der Waals surface area contributed by atoms with Crippen molar-refractivity contribution >= 4 is 17.3 Å². The molecule has 1 aliphatic heterocycles. The summed E-state index contributed by atoms with van der Waals surface area (Å²) in [6.45, 7) is -0.848. The van der Waals surface area contributed by atoms with Crippen LogP contribution in [0.4, 0.5) is 20.2 Å². The average Bonchev–Trinajstić information content (AvgIpc) is 2.77. The van der Waals surface area contributed by atoms with Gasteiger partial charge in [0.05, 0.1) is 36.5 Å². The smallest absolute Gasteiger partial charge is 0.387 e. The topological polar surface area (TPSA) is 103 Å². The van der Waals surface area contributed by atoms with Crippen LogP contribution in [-0.4, -0.2) is 50.9 Å². The van der Waals surface area contributed by atoms with Crippen LogP contribution in [0.1, 0.15) is 15.9 Å². The number of nitro groups is 1. The SMILES string of the molecule is COc1cc(CNC(=O)c2cc([N+](=O)[O-])ccc2N2CCOCC2)ccc1OC(F)F. The number of hydrogen-bond donors (Lipinski definition) is 1. The van der Waals surface area contributed by atoms with Crippen LogP contribution < -0.4 is 19.7 Å². The maximum absolute atomic E-state index is 12.9. The highest BCUT2D eigenvalue weighted by Crippen LogP contribution is 2.30. The number of amides is 1. The number of rotatable bonds is 8. The molecule has 3 rings (SSSR count). The van der Waals surface area contributed by atoms with Gasteiger partial charge < -0.3 is 24.4 Å². The second-order valence-electron chi connectivity index (χ2n) is 6.60. The van der Waals surface area contributed by atoms with E-state index in [4.69, 9.17) is 9.47 Å². The Hall–Kier alpha value is -3.47. The molecule has 0 aliphatic carbocycles. The minimum Gasteiger partial charge on any atom is -0.493 e. The first-order valence-corrected chi connectivity index (χ1v) is 9.40. The Morgan fingerprint density at radius 3 is 2.61 bits per heavy atom. The van der Waals surface area contributed by atoms with Crippen molar-refractivity contribution in [3.05, 3.63) is 57.6 Å². The van der Waals surface area contributed by atoms with Gasteiger partial charge in [0.15, 0.2) is 11.5 Å². The van der Waals surface area contributed by atoms with Gasteiger partial charge in [0.1, 0.15) is 0 Å². The van der Waals surface area contributed by atoms with Gasteiger partial charge in [-0.05, 0) is 23.8 Å². The lowest BCUT2D eigenvalue weighted by Gasteiger charge is -2.30. The van der Waals surface area contributed by atoms with Gasteiger partial charge in [-0.1, -0.05) is 6.07 Å². The van der Waals surface area contributed by atoms with E-state index in [1.807, 2.05) is 4.90 Å². The molecule has 0 radical (unpaired) electrons. The summed E-state index contributed by atoms with van der Waals surface area (Å²) in [6, 6.07) is 8.44. The lowest BCUT2D eigenvalue weighted by molar-refractivity contribution is -0.384. The molecule has 0 spiro atoms. The molecule has 166 valence electrons. The third-order valence-corrected chi connectivity index (χ3v) is 4.68. The number of carbonyl (C=O) groups excluding carboxylic acids is 1. The van der Waals surface area contributed by atoms with E-state index in [0.29, 0.717) is 37.6 Å². The monoisotopic (exact) mass is 437 g/mol. The molecule has 1 fully saturated rings. The van der Waals surface area contributed by atoms with Gasteiger partial charge in [-0.2, -0.15) is 8.78 Å². The van der Waals surface area contributed by atoms with Crippen molar-refractivity contribution in [2.24, 2.45) is 0 Å². The van der Waals surface area contributed by atoms with Gasteiger partial charge in [-0.3, -0.25) is 14.9 Å². The molecule has 1 heterocycles. The Bertz CT molecular complexity index is 951. The van der Waals surface area contributed by atoms with E-state index in [2.05, 4.69) is 10.1 Å². The number of carbonyl (C=O) groups is 1. The van der Waals surface area contributed by atoms with Crippen molar-refractivity contribution in [2.45, 2.75) is 13.2 Å². The molecule has 0 unspecified atom stereocenters. The van der Waals surface area contributed by atoms with Crippen LogP contribution in [-0.2, 0) is 11.3 Å². The second kappa shape index (κ2) is 10.0. The van der Waals surface area contributed by atoms with E-state index in [1.165, 1.54) is 37.4 Å². The van der Waals surface area contributed by atoms with Crippen molar-refractivity contribution < 1.29 is 32.7 Å². The van der Waals surface area contributed by atoms with Crippen LogP contribution in [0.5, 0.6) is 11.5 Å². The predicted octanol–water partition coefficient (Wildman–Crippen LogP) is 2.97. The van der Waals surface area contributed by atoms with Crippen molar-refractivity contribution in [2.75, 3.05) is 38.3 Å². The molecule has 1 saturated heterocycles. The summed E-state index contributed by atoms with van der Waals surface area (Å²) in [5.74, 6) is -0.533. The van der Waals surface area contributed by atoms with Crippen molar-refractivity contribution in [1.82, 2.24) is 5.32 Å². The molecule has 0 atom stereocenters. The fourth-order valence-corrected chi connectivity index (χ4v) is 3.19. The lowest BCUT2D eigenvalue weighted by atomic mass is 10.1. The van der Waals surface area contributed by atoms with Crippen LogP contribution in [0, 0.1) is 10.1 Å². The van der Waals surface area contributed by atoms with E-state index in [1.54, 1.807) is 6.07 Å². The molecule has 0 bridgehead atoms. The van der Waals surface area contributed by atoms with Gasteiger partial charge in [-0.15, -0.1) is 0 Å². The number of nitrogens with zero attached hydrogens (tertiary/aromatic N) is 2. The fraction of sp³-hybridized carbons (Fsp3) is 0.350. The predicted molar refractivity (Wildman–Crippen MR) is 107 cm³/mol. The van der Waals surface area contributed by atoms with E-state index in [-0.39, 0.29) is 29.3 Å². The zero-order valence-corrected chi connectivity index (χ0v) is 16.7. The van der Waals surface area contributed by atoms with Crippen molar-refractivity contribution in [3.63, 3.8) is 0 Å². The van der Waals surface area contributed by atoms with Crippen LogP contribution in [0.2, 0.25) is 0 Å². The zero-order valence-electron chi connectivity index (χ0n) is 16.7. The van der Waals surface area contributed by atoms with E-state index in [0.717, 1.165) is 0 Å². The number of non-ortho nitro benzene ring substituents is 1. The number of nitrogens with one attached hydrogen (secondary N) is 1.